The predicted molar refractivity (Wildman–Crippen MR) is 135 cm³/mol. The Hall–Kier alpha value is -3.68. The molecule has 2 aromatic rings. The second-order valence-electron chi connectivity index (χ2n) is 9.85. The standard InChI is InChI=1S/C28H32N4O4/c1-19-26(34)30-16-8-14-23(30)25(33)29-22(18-20-10-4-2-5-11-20)27(35)31-17-9-15-24(31)28(36)32(19)21-12-6-3-7-13-21/h2-7,10-13,19,22-24H,8-9,14-18H2,1H3,(H,29,33). The van der Waals surface area contributed by atoms with E-state index in [4.69, 9.17) is 0 Å². The molecular formula is C28H32N4O4. The molecule has 0 bridgehead atoms. The van der Waals surface area contributed by atoms with E-state index < -0.39 is 24.2 Å². The highest BCUT2D eigenvalue weighted by molar-refractivity contribution is 6.06. The molecular weight excluding hydrogens is 456 g/mol. The van der Waals surface area contributed by atoms with Crippen molar-refractivity contribution in [3.8, 4) is 0 Å². The lowest BCUT2D eigenvalue weighted by Crippen LogP contribution is -2.61. The first-order chi connectivity index (χ1) is 17.5. The molecule has 2 aromatic carbocycles. The minimum absolute atomic E-state index is 0.249. The Bertz CT molecular complexity index is 1140. The molecule has 0 aromatic heterocycles. The minimum atomic E-state index is -0.812. The summed E-state index contributed by atoms with van der Waals surface area (Å²) < 4.78 is 0. The van der Waals surface area contributed by atoms with Crippen molar-refractivity contribution in [2.75, 3.05) is 18.0 Å². The van der Waals surface area contributed by atoms with Gasteiger partial charge in [0.1, 0.15) is 24.2 Å². The van der Waals surface area contributed by atoms with Gasteiger partial charge in [0.05, 0.1) is 0 Å². The van der Waals surface area contributed by atoms with Crippen molar-refractivity contribution < 1.29 is 19.2 Å². The molecule has 36 heavy (non-hydrogen) atoms. The van der Waals surface area contributed by atoms with Gasteiger partial charge in [0.15, 0.2) is 0 Å². The van der Waals surface area contributed by atoms with Crippen LogP contribution in [0.3, 0.4) is 0 Å². The van der Waals surface area contributed by atoms with Crippen molar-refractivity contribution in [1.82, 2.24) is 15.1 Å². The maximum Gasteiger partial charge on any atom is 0.250 e. The highest BCUT2D eigenvalue weighted by Crippen LogP contribution is 2.29. The highest BCUT2D eigenvalue weighted by atomic mass is 16.2. The third-order valence-electron chi connectivity index (χ3n) is 7.57. The Morgan fingerprint density at radius 3 is 2.00 bits per heavy atom. The van der Waals surface area contributed by atoms with Crippen molar-refractivity contribution in [2.24, 2.45) is 0 Å². The Balaban J connectivity index is 1.56. The first kappa shape index (κ1) is 24.0. The first-order valence-electron chi connectivity index (χ1n) is 12.8. The van der Waals surface area contributed by atoms with E-state index in [2.05, 4.69) is 5.32 Å². The highest BCUT2D eigenvalue weighted by Gasteiger charge is 2.45. The number of hydrogen-bond donors (Lipinski definition) is 1. The molecule has 3 heterocycles. The van der Waals surface area contributed by atoms with Gasteiger partial charge in [-0.05, 0) is 50.3 Å². The van der Waals surface area contributed by atoms with Gasteiger partial charge in [-0.15, -0.1) is 0 Å². The number of carbonyl (C=O) groups excluding carboxylic acids is 4. The van der Waals surface area contributed by atoms with E-state index in [1.54, 1.807) is 28.9 Å². The Kier molecular flexibility index (Phi) is 6.76. The molecule has 0 aliphatic carbocycles. The molecule has 3 saturated heterocycles. The summed E-state index contributed by atoms with van der Waals surface area (Å²) in [7, 11) is 0. The molecule has 0 saturated carbocycles. The van der Waals surface area contributed by atoms with E-state index in [0.717, 1.165) is 5.56 Å². The number of benzene rings is 2. The molecule has 3 aliphatic rings. The topological polar surface area (TPSA) is 90.0 Å². The van der Waals surface area contributed by atoms with E-state index in [1.807, 2.05) is 48.5 Å². The van der Waals surface area contributed by atoms with E-state index in [9.17, 15) is 19.2 Å². The summed E-state index contributed by atoms with van der Waals surface area (Å²) in [5.74, 6) is -1.06. The molecule has 5 rings (SSSR count). The maximum atomic E-state index is 14.0. The van der Waals surface area contributed by atoms with Crippen molar-refractivity contribution in [3.05, 3.63) is 66.2 Å². The third kappa shape index (κ3) is 4.47. The van der Waals surface area contributed by atoms with Crippen LogP contribution in [0.25, 0.3) is 0 Å². The van der Waals surface area contributed by atoms with Gasteiger partial charge in [0.2, 0.25) is 17.7 Å². The molecule has 4 atom stereocenters. The molecule has 3 aliphatic heterocycles. The van der Waals surface area contributed by atoms with Crippen LogP contribution in [0.2, 0.25) is 0 Å². The van der Waals surface area contributed by atoms with Crippen LogP contribution in [0.5, 0.6) is 0 Å². The summed E-state index contributed by atoms with van der Waals surface area (Å²) in [6, 6.07) is 15.7. The summed E-state index contributed by atoms with van der Waals surface area (Å²) in [6.07, 6.45) is 2.76. The van der Waals surface area contributed by atoms with E-state index in [-0.39, 0.29) is 23.6 Å². The number of hydrogen-bond acceptors (Lipinski definition) is 4. The number of fused-ring (bicyclic) bond motifs is 2. The number of rotatable bonds is 3. The lowest BCUT2D eigenvalue weighted by atomic mass is 10.0. The average Bonchev–Trinajstić information content (AvgIpc) is 3.58. The van der Waals surface area contributed by atoms with Gasteiger partial charge in [-0.2, -0.15) is 0 Å². The van der Waals surface area contributed by atoms with Crippen LogP contribution in [0, 0.1) is 0 Å². The van der Waals surface area contributed by atoms with E-state index in [1.165, 1.54) is 4.90 Å². The molecule has 0 radical (unpaired) electrons. The summed E-state index contributed by atoms with van der Waals surface area (Å²) >= 11 is 0. The second kappa shape index (κ2) is 10.1. The third-order valence-corrected chi connectivity index (χ3v) is 7.57. The molecule has 188 valence electrons. The Labute approximate surface area is 211 Å². The minimum Gasteiger partial charge on any atom is -0.342 e. The zero-order chi connectivity index (χ0) is 25.2. The lowest BCUT2D eigenvalue weighted by Gasteiger charge is -2.38. The predicted octanol–water partition coefficient (Wildman–Crippen LogP) is 2.13. The molecule has 0 spiro atoms. The summed E-state index contributed by atoms with van der Waals surface area (Å²) in [5, 5.41) is 2.96. The Morgan fingerprint density at radius 1 is 0.750 bits per heavy atom. The average molecular weight is 489 g/mol. The summed E-state index contributed by atoms with van der Waals surface area (Å²) in [4.78, 5) is 59.8. The smallest absolute Gasteiger partial charge is 0.250 e. The van der Waals surface area contributed by atoms with Gasteiger partial charge in [0.25, 0.3) is 5.91 Å². The second-order valence-corrected chi connectivity index (χ2v) is 9.85. The largest absolute Gasteiger partial charge is 0.342 e. The van der Waals surface area contributed by atoms with Crippen LogP contribution in [-0.2, 0) is 25.6 Å². The van der Waals surface area contributed by atoms with Crippen LogP contribution in [-0.4, -0.2) is 70.7 Å². The van der Waals surface area contributed by atoms with Crippen molar-refractivity contribution in [3.63, 3.8) is 0 Å². The fourth-order valence-corrected chi connectivity index (χ4v) is 5.75. The fourth-order valence-electron chi connectivity index (χ4n) is 5.75. The SMILES string of the molecule is CC1C(=O)N2CCCC2C(=O)NC(Cc2ccccc2)C(=O)N2CCCC2C(=O)N1c1ccccc1. The van der Waals surface area contributed by atoms with Gasteiger partial charge >= 0.3 is 0 Å². The number of nitrogens with zero attached hydrogens (tertiary/aromatic N) is 3. The number of para-hydroxylation sites is 1. The molecule has 4 unspecified atom stereocenters. The van der Waals surface area contributed by atoms with Crippen LogP contribution >= 0.6 is 0 Å². The van der Waals surface area contributed by atoms with Crippen LogP contribution in [0.4, 0.5) is 5.69 Å². The normalized spacial score (nSPS) is 27.3. The van der Waals surface area contributed by atoms with Crippen LogP contribution < -0.4 is 10.2 Å². The van der Waals surface area contributed by atoms with Crippen molar-refractivity contribution in [2.45, 2.75) is 63.2 Å². The molecule has 4 amide bonds. The molecule has 8 heteroatoms. The van der Waals surface area contributed by atoms with Crippen molar-refractivity contribution in [1.29, 1.82) is 0 Å². The molecule has 3 fully saturated rings. The molecule has 8 nitrogen and oxygen atoms in total. The van der Waals surface area contributed by atoms with Gasteiger partial charge < -0.3 is 15.1 Å². The zero-order valence-corrected chi connectivity index (χ0v) is 20.5. The molecule has 1 N–H and O–H groups in total. The van der Waals surface area contributed by atoms with Gasteiger partial charge in [0, 0.05) is 25.2 Å². The Morgan fingerprint density at radius 2 is 1.33 bits per heavy atom. The van der Waals surface area contributed by atoms with Crippen LogP contribution in [0.1, 0.15) is 38.2 Å². The monoisotopic (exact) mass is 488 g/mol. The van der Waals surface area contributed by atoms with Crippen molar-refractivity contribution >= 4 is 29.3 Å². The van der Waals surface area contributed by atoms with E-state index in [0.29, 0.717) is 50.9 Å². The van der Waals surface area contributed by atoms with Crippen LogP contribution in [0.15, 0.2) is 60.7 Å². The fraction of sp³-hybridized carbons (Fsp3) is 0.429. The van der Waals surface area contributed by atoms with Gasteiger partial charge in [-0.3, -0.25) is 24.1 Å². The number of nitrogens with one attached hydrogen (secondary N) is 1. The summed E-state index contributed by atoms with van der Waals surface area (Å²) in [6.45, 7) is 2.60. The number of amides is 4. The van der Waals surface area contributed by atoms with E-state index >= 15 is 0 Å². The lowest BCUT2D eigenvalue weighted by molar-refractivity contribution is -0.145. The zero-order valence-electron chi connectivity index (χ0n) is 20.5. The maximum absolute atomic E-state index is 14.0. The van der Waals surface area contributed by atoms with Gasteiger partial charge in [-0.25, -0.2) is 0 Å². The summed E-state index contributed by atoms with van der Waals surface area (Å²) in [5.41, 5.74) is 1.53. The first-order valence-corrected chi connectivity index (χ1v) is 12.8. The quantitative estimate of drug-likeness (QED) is 0.717. The number of carbonyl (C=O) groups is 4. The van der Waals surface area contributed by atoms with Gasteiger partial charge in [-0.1, -0.05) is 48.5 Å². The number of anilines is 1.